The second-order valence-electron chi connectivity index (χ2n) is 7.52. The minimum absolute atomic E-state index is 0.0309. The molecule has 3 rings (SSSR count). The van der Waals surface area contributed by atoms with Crippen molar-refractivity contribution in [3.8, 4) is 0 Å². The second-order valence-corrected chi connectivity index (χ2v) is 12.0. The molecular formula is C19H20F3NO5S2. The van der Waals surface area contributed by atoms with Crippen LogP contribution >= 0.6 is 0 Å². The number of sulfone groups is 2. The van der Waals surface area contributed by atoms with Gasteiger partial charge in [-0.1, -0.05) is 6.07 Å². The van der Waals surface area contributed by atoms with Crippen LogP contribution in [0.2, 0.25) is 0 Å². The van der Waals surface area contributed by atoms with Gasteiger partial charge in [0.25, 0.3) is 0 Å². The van der Waals surface area contributed by atoms with Crippen LogP contribution in [0.3, 0.4) is 0 Å². The molecule has 30 heavy (non-hydrogen) atoms. The normalized spacial score (nSPS) is 23.3. The minimum atomic E-state index is -4.66. The third-order valence-corrected chi connectivity index (χ3v) is 8.84. The average molecular weight is 463 g/mol. The van der Waals surface area contributed by atoms with E-state index in [-0.39, 0.29) is 24.3 Å². The zero-order valence-electron chi connectivity index (χ0n) is 16.2. The Morgan fingerprint density at radius 2 is 1.80 bits per heavy atom. The van der Waals surface area contributed by atoms with E-state index >= 15 is 0 Å². The largest absolute Gasteiger partial charge is 0.416 e. The minimum Gasteiger partial charge on any atom is -0.373 e. The van der Waals surface area contributed by atoms with Crippen LogP contribution < -0.4 is 0 Å². The second kappa shape index (κ2) is 7.61. The van der Waals surface area contributed by atoms with Gasteiger partial charge in [-0.2, -0.15) is 13.2 Å². The average Bonchev–Trinajstić information content (AvgIpc) is 2.67. The maximum Gasteiger partial charge on any atom is 0.416 e. The molecule has 0 bridgehead atoms. The number of halogens is 3. The molecule has 0 unspecified atom stereocenters. The molecular weight excluding hydrogens is 443 g/mol. The molecule has 0 radical (unpaired) electrons. The topological polar surface area (TPSA) is 90.4 Å². The van der Waals surface area contributed by atoms with Gasteiger partial charge in [-0.25, -0.2) is 16.8 Å². The van der Waals surface area contributed by atoms with Gasteiger partial charge in [0.05, 0.1) is 26.2 Å². The number of aromatic nitrogens is 1. The number of hydrogen-bond acceptors (Lipinski definition) is 6. The molecule has 1 aromatic heterocycles. The van der Waals surface area contributed by atoms with E-state index in [1.165, 1.54) is 25.4 Å². The fraction of sp³-hybridized carbons (Fsp3) is 0.421. The molecule has 0 spiro atoms. The molecule has 2 aromatic rings. The lowest BCUT2D eigenvalue weighted by Crippen LogP contribution is -2.42. The summed E-state index contributed by atoms with van der Waals surface area (Å²) in [7, 11) is -7.67. The molecule has 164 valence electrons. The predicted molar refractivity (Wildman–Crippen MR) is 102 cm³/mol. The summed E-state index contributed by atoms with van der Waals surface area (Å²) in [6, 6.07) is 5.03. The smallest absolute Gasteiger partial charge is 0.373 e. The molecule has 1 aliphatic heterocycles. The highest BCUT2D eigenvalue weighted by molar-refractivity contribution is 7.92. The summed E-state index contributed by atoms with van der Waals surface area (Å²) < 4.78 is 93.5. The van der Waals surface area contributed by atoms with Crippen LogP contribution in [0, 0.1) is 0 Å². The first kappa shape index (κ1) is 22.7. The van der Waals surface area contributed by atoms with Crippen LogP contribution in [-0.2, 0) is 30.6 Å². The highest BCUT2D eigenvalue weighted by Crippen LogP contribution is 2.42. The van der Waals surface area contributed by atoms with Crippen LogP contribution in [0.15, 0.2) is 52.5 Å². The maximum absolute atomic E-state index is 13.3. The zero-order chi connectivity index (χ0) is 22.4. The van der Waals surface area contributed by atoms with Crippen molar-refractivity contribution in [2.24, 2.45) is 0 Å². The summed E-state index contributed by atoms with van der Waals surface area (Å²) in [4.78, 5) is 3.46. The van der Waals surface area contributed by atoms with Crippen molar-refractivity contribution in [3.63, 3.8) is 0 Å². The number of pyridine rings is 1. The Bertz CT molecular complexity index is 1160. The van der Waals surface area contributed by atoms with Gasteiger partial charge in [-0.15, -0.1) is 0 Å². The Kier molecular flexibility index (Phi) is 5.76. The Hall–Kier alpha value is -1.98. The fourth-order valence-corrected chi connectivity index (χ4v) is 5.80. The molecule has 1 aromatic carbocycles. The van der Waals surface area contributed by atoms with Crippen LogP contribution in [0.1, 0.15) is 37.0 Å². The Morgan fingerprint density at radius 1 is 1.10 bits per heavy atom. The lowest BCUT2D eigenvalue weighted by atomic mass is 9.93. The molecule has 2 heterocycles. The number of ether oxygens (including phenoxy) is 1. The molecule has 11 heteroatoms. The standard InChI is InChI=1S/C19H20F3NO5S2/c1-18(30(26,27)15-5-3-4-14(9-15)19(20,21)22)6-7-28-17(10-18)13-8-16(12-23-11-13)29(2,24)25/h3-5,8-9,11-12,17H,6-7,10H2,1-2H3/t17-,18-/m1/s1. The zero-order valence-corrected chi connectivity index (χ0v) is 17.8. The molecule has 1 fully saturated rings. The van der Waals surface area contributed by atoms with Gasteiger partial charge in [0.1, 0.15) is 0 Å². The molecule has 1 aliphatic rings. The molecule has 6 nitrogen and oxygen atoms in total. The summed E-state index contributed by atoms with van der Waals surface area (Å²) in [6.07, 6.45) is -1.80. The first-order valence-corrected chi connectivity index (χ1v) is 12.3. The summed E-state index contributed by atoms with van der Waals surface area (Å²) in [6.45, 7) is 1.51. The number of rotatable bonds is 4. The third-order valence-electron chi connectivity index (χ3n) is 5.22. The van der Waals surface area contributed by atoms with E-state index in [0.717, 1.165) is 24.5 Å². The van der Waals surface area contributed by atoms with Crippen molar-refractivity contribution in [3.05, 3.63) is 53.9 Å². The lowest BCUT2D eigenvalue weighted by Gasteiger charge is -2.37. The number of alkyl halides is 3. The van der Waals surface area contributed by atoms with Crippen molar-refractivity contribution < 1.29 is 34.7 Å². The Morgan fingerprint density at radius 3 is 2.43 bits per heavy atom. The lowest BCUT2D eigenvalue weighted by molar-refractivity contribution is -0.137. The van der Waals surface area contributed by atoms with Crippen LogP contribution in [-0.4, -0.2) is 39.4 Å². The van der Waals surface area contributed by atoms with Crippen LogP contribution in [0.5, 0.6) is 0 Å². The van der Waals surface area contributed by atoms with Crippen molar-refractivity contribution in [2.45, 2.75) is 46.6 Å². The van der Waals surface area contributed by atoms with E-state index in [9.17, 15) is 30.0 Å². The molecule has 2 atom stereocenters. The van der Waals surface area contributed by atoms with E-state index < -0.39 is 47.2 Å². The van der Waals surface area contributed by atoms with Gasteiger partial charge >= 0.3 is 6.18 Å². The van der Waals surface area contributed by atoms with E-state index in [1.54, 1.807) is 0 Å². The maximum atomic E-state index is 13.3. The number of hydrogen-bond donors (Lipinski definition) is 0. The van der Waals surface area contributed by atoms with Gasteiger partial charge in [0.2, 0.25) is 0 Å². The monoisotopic (exact) mass is 463 g/mol. The number of benzene rings is 1. The van der Waals surface area contributed by atoms with E-state index in [0.29, 0.717) is 11.6 Å². The summed E-state index contributed by atoms with van der Waals surface area (Å²) in [5, 5.41) is 0. The van der Waals surface area contributed by atoms with Crippen molar-refractivity contribution >= 4 is 19.7 Å². The van der Waals surface area contributed by atoms with Crippen LogP contribution in [0.4, 0.5) is 13.2 Å². The van der Waals surface area contributed by atoms with Gasteiger partial charge in [0.15, 0.2) is 19.7 Å². The molecule has 0 N–H and O–H groups in total. The van der Waals surface area contributed by atoms with Crippen molar-refractivity contribution in [2.75, 3.05) is 12.9 Å². The predicted octanol–water partition coefficient (Wildman–Crippen LogP) is 3.59. The highest BCUT2D eigenvalue weighted by atomic mass is 32.2. The van der Waals surface area contributed by atoms with Gasteiger partial charge < -0.3 is 4.74 Å². The van der Waals surface area contributed by atoms with E-state index in [1.807, 2.05) is 0 Å². The summed E-state index contributed by atoms with van der Waals surface area (Å²) >= 11 is 0. The fourth-order valence-electron chi connectivity index (χ4n) is 3.37. The molecule has 1 saturated heterocycles. The van der Waals surface area contributed by atoms with Crippen LogP contribution in [0.25, 0.3) is 0 Å². The van der Waals surface area contributed by atoms with E-state index in [2.05, 4.69) is 4.98 Å². The van der Waals surface area contributed by atoms with Gasteiger partial charge in [-0.05, 0) is 44.0 Å². The quantitative estimate of drug-likeness (QED) is 0.688. The summed E-state index contributed by atoms with van der Waals surface area (Å²) in [5.74, 6) is 0. The first-order chi connectivity index (χ1) is 13.7. The first-order valence-electron chi connectivity index (χ1n) is 8.93. The van der Waals surface area contributed by atoms with Crippen molar-refractivity contribution in [1.29, 1.82) is 0 Å². The Labute approximate surface area is 172 Å². The molecule has 0 aliphatic carbocycles. The molecule has 0 saturated carbocycles. The number of nitrogens with zero attached hydrogens (tertiary/aromatic N) is 1. The third kappa shape index (κ3) is 4.37. The Balaban J connectivity index is 1.97. The van der Waals surface area contributed by atoms with Gasteiger partial charge in [-0.3, -0.25) is 4.98 Å². The van der Waals surface area contributed by atoms with Crippen molar-refractivity contribution in [1.82, 2.24) is 4.98 Å². The molecule has 0 amide bonds. The van der Waals surface area contributed by atoms with E-state index in [4.69, 9.17) is 4.74 Å². The van der Waals surface area contributed by atoms with Gasteiger partial charge in [0, 0.05) is 30.8 Å². The SMILES string of the molecule is C[C@@]1(S(=O)(=O)c2cccc(C(F)(F)F)c2)CCO[C@@H](c2cncc(S(C)(=O)=O)c2)C1. The summed E-state index contributed by atoms with van der Waals surface area (Å²) in [5.41, 5.74) is -0.649. The highest BCUT2D eigenvalue weighted by Gasteiger charge is 2.45.